The maximum absolute atomic E-state index is 12.5. The van der Waals surface area contributed by atoms with Crippen LogP contribution in [0.4, 0.5) is 13.2 Å². The van der Waals surface area contributed by atoms with Gasteiger partial charge < -0.3 is 0 Å². The second-order valence-corrected chi connectivity index (χ2v) is 7.28. The number of halogens is 3. The first kappa shape index (κ1) is 21.8. The summed E-state index contributed by atoms with van der Waals surface area (Å²) in [5, 5.41) is 0. The summed E-state index contributed by atoms with van der Waals surface area (Å²) in [7, 11) is 0. The summed E-state index contributed by atoms with van der Waals surface area (Å²) in [5.74, 6) is 0. The van der Waals surface area contributed by atoms with Crippen LogP contribution in [-0.2, 0) is 0 Å². The zero-order valence-electron chi connectivity index (χ0n) is 15.7. The van der Waals surface area contributed by atoms with Gasteiger partial charge in [0.2, 0.25) is 0 Å². The average molecular weight is 351 g/mol. The smallest absolute Gasteiger partial charge is 0.298 e. The number of piperazine rings is 1. The summed E-state index contributed by atoms with van der Waals surface area (Å²) in [5.41, 5.74) is 0. The lowest BCUT2D eigenvalue weighted by atomic mass is 9.99. The van der Waals surface area contributed by atoms with Gasteiger partial charge in [-0.2, -0.15) is 13.2 Å². The minimum atomic E-state index is -4.07. The molecule has 0 aliphatic carbocycles. The molecule has 0 bridgehead atoms. The number of hydrogen-bond acceptors (Lipinski definition) is 2. The topological polar surface area (TPSA) is 6.48 Å². The standard InChI is InChI=1S/C19H37F3N2/c1-3-5-7-8-10-12-18(11-9-6-4-2)24-15-13-23(14-16-24)17-19(20,21)22/h18H,3-17H2,1-2H3. The van der Waals surface area contributed by atoms with Gasteiger partial charge in [-0.25, -0.2) is 0 Å². The van der Waals surface area contributed by atoms with E-state index in [4.69, 9.17) is 0 Å². The van der Waals surface area contributed by atoms with E-state index in [0.29, 0.717) is 19.1 Å². The van der Waals surface area contributed by atoms with Gasteiger partial charge in [-0.1, -0.05) is 65.2 Å². The molecular weight excluding hydrogens is 313 g/mol. The van der Waals surface area contributed by atoms with Crippen molar-refractivity contribution in [3.05, 3.63) is 0 Å². The van der Waals surface area contributed by atoms with E-state index >= 15 is 0 Å². The predicted octanol–water partition coefficient (Wildman–Crippen LogP) is 5.48. The van der Waals surface area contributed by atoms with E-state index in [0.717, 1.165) is 13.1 Å². The Morgan fingerprint density at radius 1 is 0.750 bits per heavy atom. The van der Waals surface area contributed by atoms with Crippen LogP contribution in [0.15, 0.2) is 0 Å². The van der Waals surface area contributed by atoms with Crippen LogP contribution in [0.25, 0.3) is 0 Å². The van der Waals surface area contributed by atoms with Gasteiger partial charge >= 0.3 is 6.18 Å². The van der Waals surface area contributed by atoms with Crippen molar-refractivity contribution < 1.29 is 13.2 Å². The molecule has 1 fully saturated rings. The SMILES string of the molecule is CCCCCCCC(CCCCC)N1CCN(CC(F)(F)F)CC1. The molecule has 24 heavy (non-hydrogen) atoms. The Morgan fingerprint density at radius 3 is 1.79 bits per heavy atom. The average Bonchev–Trinajstić information content (AvgIpc) is 2.52. The molecule has 0 N–H and O–H groups in total. The third-order valence-corrected chi connectivity index (χ3v) is 5.11. The molecule has 1 saturated heterocycles. The Hall–Kier alpha value is -0.290. The summed E-state index contributed by atoms with van der Waals surface area (Å²) in [6.07, 6.45) is 8.55. The molecule has 144 valence electrons. The molecule has 0 aromatic carbocycles. The van der Waals surface area contributed by atoms with Crippen molar-refractivity contribution in [3.8, 4) is 0 Å². The minimum absolute atomic E-state index is 0.555. The van der Waals surface area contributed by atoms with Crippen molar-refractivity contribution in [2.45, 2.75) is 90.3 Å². The number of hydrogen-bond donors (Lipinski definition) is 0. The van der Waals surface area contributed by atoms with Crippen molar-refractivity contribution in [2.75, 3.05) is 32.7 Å². The van der Waals surface area contributed by atoms with Crippen molar-refractivity contribution in [2.24, 2.45) is 0 Å². The van der Waals surface area contributed by atoms with E-state index < -0.39 is 12.7 Å². The lowest BCUT2D eigenvalue weighted by molar-refractivity contribution is -0.150. The molecule has 0 saturated carbocycles. The fourth-order valence-corrected chi connectivity index (χ4v) is 3.66. The van der Waals surface area contributed by atoms with Gasteiger partial charge in [0.15, 0.2) is 0 Å². The maximum Gasteiger partial charge on any atom is 0.401 e. The zero-order valence-corrected chi connectivity index (χ0v) is 15.7. The maximum atomic E-state index is 12.5. The Bertz CT molecular complexity index is 299. The largest absolute Gasteiger partial charge is 0.401 e. The Kier molecular flexibility index (Phi) is 11.0. The highest BCUT2D eigenvalue weighted by atomic mass is 19.4. The van der Waals surface area contributed by atoms with Gasteiger partial charge in [0.25, 0.3) is 0 Å². The van der Waals surface area contributed by atoms with E-state index in [9.17, 15) is 13.2 Å². The highest BCUT2D eigenvalue weighted by molar-refractivity contribution is 4.80. The number of nitrogens with zero attached hydrogens (tertiary/aromatic N) is 2. The van der Waals surface area contributed by atoms with Crippen LogP contribution in [0, 0.1) is 0 Å². The summed E-state index contributed by atoms with van der Waals surface area (Å²) in [6, 6.07) is 0.575. The molecular formula is C19H37F3N2. The lowest BCUT2D eigenvalue weighted by Gasteiger charge is -2.39. The molecule has 1 unspecified atom stereocenters. The molecule has 1 rings (SSSR count). The molecule has 2 nitrogen and oxygen atoms in total. The van der Waals surface area contributed by atoms with Crippen molar-refractivity contribution in [1.82, 2.24) is 9.80 Å². The Morgan fingerprint density at radius 2 is 1.25 bits per heavy atom. The Balaban J connectivity index is 2.36. The fraction of sp³-hybridized carbons (Fsp3) is 1.00. The van der Waals surface area contributed by atoms with Crippen LogP contribution in [-0.4, -0.2) is 54.7 Å². The fourth-order valence-electron chi connectivity index (χ4n) is 3.66. The highest BCUT2D eigenvalue weighted by Crippen LogP contribution is 2.21. The van der Waals surface area contributed by atoms with Crippen LogP contribution in [0.5, 0.6) is 0 Å². The monoisotopic (exact) mass is 350 g/mol. The molecule has 0 aromatic heterocycles. The van der Waals surface area contributed by atoms with E-state index in [2.05, 4.69) is 18.7 Å². The molecule has 1 heterocycles. The molecule has 5 heteroatoms. The summed E-state index contributed by atoms with van der Waals surface area (Å²) in [6.45, 7) is 6.39. The molecule has 0 spiro atoms. The first-order valence-electron chi connectivity index (χ1n) is 9.99. The van der Waals surface area contributed by atoms with Crippen LogP contribution >= 0.6 is 0 Å². The summed E-state index contributed by atoms with van der Waals surface area (Å²) in [4.78, 5) is 4.02. The van der Waals surface area contributed by atoms with Gasteiger partial charge in [-0.15, -0.1) is 0 Å². The van der Waals surface area contributed by atoms with Gasteiger partial charge in [-0.05, 0) is 12.8 Å². The van der Waals surface area contributed by atoms with Crippen molar-refractivity contribution >= 4 is 0 Å². The molecule has 1 aliphatic heterocycles. The third kappa shape index (κ3) is 9.87. The highest BCUT2D eigenvalue weighted by Gasteiger charge is 2.33. The summed E-state index contributed by atoms with van der Waals surface area (Å²) < 4.78 is 37.5. The number of unbranched alkanes of at least 4 members (excludes halogenated alkanes) is 6. The minimum Gasteiger partial charge on any atom is -0.298 e. The zero-order chi connectivity index (χ0) is 17.8. The van der Waals surface area contributed by atoms with Gasteiger partial charge in [-0.3, -0.25) is 9.80 Å². The normalized spacial score (nSPS) is 18.9. The third-order valence-electron chi connectivity index (χ3n) is 5.11. The first-order valence-corrected chi connectivity index (χ1v) is 9.99. The quantitative estimate of drug-likeness (QED) is 0.430. The van der Waals surface area contributed by atoms with E-state index in [-0.39, 0.29) is 0 Å². The van der Waals surface area contributed by atoms with Gasteiger partial charge in [0, 0.05) is 32.2 Å². The number of alkyl halides is 3. The van der Waals surface area contributed by atoms with Gasteiger partial charge in [0.05, 0.1) is 6.54 Å². The van der Waals surface area contributed by atoms with Crippen LogP contribution in [0.2, 0.25) is 0 Å². The van der Waals surface area contributed by atoms with E-state index in [1.807, 2.05) is 0 Å². The van der Waals surface area contributed by atoms with Crippen molar-refractivity contribution in [1.29, 1.82) is 0 Å². The Labute approximate surface area is 146 Å². The number of rotatable bonds is 12. The van der Waals surface area contributed by atoms with Crippen LogP contribution < -0.4 is 0 Å². The first-order chi connectivity index (χ1) is 11.5. The van der Waals surface area contributed by atoms with Gasteiger partial charge in [0.1, 0.15) is 0 Å². The van der Waals surface area contributed by atoms with Crippen LogP contribution in [0.3, 0.4) is 0 Å². The van der Waals surface area contributed by atoms with E-state index in [1.165, 1.54) is 64.2 Å². The molecule has 0 aromatic rings. The molecule has 1 aliphatic rings. The second kappa shape index (κ2) is 12.1. The predicted molar refractivity (Wildman–Crippen MR) is 95.4 cm³/mol. The van der Waals surface area contributed by atoms with Crippen LogP contribution in [0.1, 0.15) is 78.1 Å². The molecule has 0 amide bonds. The second-order valence-electron chi connectivity index (χ2n) is 7.28. The molecule has 1 atom stereocenters. The molecule has 0 radical (unpaired) electrons. The summed E-state index contributed by atoms with van der Waals surface area (Å²) >= 11 is 0. The van der Waals surface area contributed by atoms with Crippen molar-refractivity contribution in [3.63, 3.8) is 0 Å². The van der Waals surface area contributed by atoms with E-state index in [1.54, 1.807) is 4.90 Å². The lowest BCUT2D eigenvalue weighted by Crippen LogP contribution is -2.52.